The number of nitrogens with zero attached hydrogens (tertiary/aromatic N) is 2. The zero-order chi connectivity index (χ0) is 21.0. The number of aliphatic hydroxyl groups is 1. The van der Waals surface area contributed by atoms with E-state index in [-0.39, 0.29) is 17.8 Å². The van der Waals surface area contributed by atoms with Gasteiger partial charge in [0.2, 0.25) is 5.95 Å². The fourth-order valence-corrected chi connectivity index (χ4v) is 2.83. The molecular weight excluding hydrogens is 367 g/mol. The zero-order valence-electron chi connectivity index (χ0n) is 17.2. The standard InChI is InChI=1S/C23H27FN4O/c1-15(2)16-5-9-19(10-6-16)27-22-25-13-20(24)21(28-22)26-18-11-7-17(8-12-18)23(3,4)14-29/h5-13,15,29H,14H2,1-4H3,(H2,25,26,27,28). The molecule has 0 spiro atoms. The molecule has 0 saturated heterocycles. The van der Waals surface area contributed by atoms with E-state index in [1.165, 1.54) is 5.56 Å². The highest BCUT2D eigenvalue weighted by Crippen LogP contribution is 2.26. The van der Waals surface area contributed by atoms with Crippen molar-refractivity contribution in [2.75, 3.05) is 17.2 Å². The second-order valence-corrected chi connectivity index (χ2v) is 8.04. The van der Waals surface area contributed by atoms with Crippen LogP contribution in [0.1, 0.15) is 44.7 Å². The third kappa shape index (κ3) is 5.09. The molecule has 0 radical (unpaired) electrons. The SMILES string of the molecule is CC(C)c1ccc(Nc2ncc(F)c(Nc3ccc(C(C)(C)CO)cc3)n2)cc1. The topological polar surface area (TPSA) is 70.1 Å². The molecule has 6 heteroatoms. The van der Waals surface area contributed by atoms with Crippen LogP contribution in [0.2, 0.25) is 0 Å². The molecular formula is C23H27FN4O. The van der Waals surface area contributed by atoms with Gasteiger partial charge >= 0.3 is 0 Å². The molecule has 0 aliphatic carbocycles. The highest BCUT2D eigenvalue weighted by molar-refractivity contribution is 5.60. The maximum Gasteiger partial charge on any atom is 0.229 e. The Morgan fingerprint density at radius 3 is 2.14 bits per heavy atom. The predicted molar refractivity (Wildman–Crippen MR) is 116 cm³/mol. The molecule has 0 bridgehead atoms. The van der Waals surface area contributed by atoms with Crippen molar-refractivity contribution < 1.29 is 9.50 Å². The van der Waals surface area contributed by atoms with Crippen LogP contribution in [0.25, 0.3) is 0 Å². The lowest BCUT2D eigenvalue weighted by Gasteiger charge is -2.22. The summed E-state index contributed by atoms with van der Waals surface area (Å²) in [5.74, 6) is 0.321. The number of rotatable bonds is 7. The molecule has 0 fully saturated rings. The van der Waals surface area contributed by atoms with Gasteiger partial charge in [0.1, 0.15) is 0 Å². The molecule has 1 aromatic heterocycles. The molecule has 29 heavy (non-hydrogen) atoms. The lowest BCUT2D eigenvalue weighted by molar-refractivity contribution is 0.218. The van der Waals surface area contributed by atoms with Crippen molar-refractivity contribution in [1.82, 2.24) is 9.97 Å². The molecule has 3 N–H and O–H groups in total. The monoisotopic (exact) mass is 394 g/mol. The van der Waals surface area contributed by atoms with Gasteiger partial charge in [-0.2, -0.15) is 4.98 Å². The molecule has 1 heterocycles. The molecule has 0 unspecified atom stereocenters. The second-order valence-electron chi connectivity index (χ2n) is 8.04. The first-order valence-corrected chi connectivity index (χ1v) is 9.66. The molecule has 0 aliphatic rings. The molecule has 0 saturated carbocycles. The van der Waals surface area contributed by atoms with Gasteiger partial charge < -0.3 is 15.7 Å². The Labute approximate surface area is 171 Å². The number of nitrogens with one attached hydrogen (secondary N) is 2. The van der Waals surface area contributed by atoms with Gasteiger partial charge in [-0.15, -0.1) is 0 Å². The molecule has 5 nitrogen and oxygen atoms in total. The largest absolute Gasteiger partial charge is 0.395 e. The minimum atomic E-state index is -0.537. The summed E-state index contributed by atoms with van der Waals surface area (Å²) in [6, 6.07) is 15.5. The minimum Gasteiger partial charge on any atom is -0.395 e. The van der Waals surface area contributed by atoms with E-state index in [1.54, 1.807) is 0 Å². The van der Waals surface area contributed by atoms with Gasteiger partial charge in [0, 0.05) is 16.8 Å². The minimum absolute atomic E-state index is 0.0491. The first-order valence-electron chi connectivity index (χ1n) is 9.66. The molecule has 0 atom stereocenters. The van der Waals surface area contributed by atoms with Gasteiger partial charge in [-0.25, -0.2) is 9.37 Å². The molecule has 3 aromatic rings. The average molecular weight is 394 g/mol. The maximum absolute atomic E-state index is 14.2. The fraction of sp³-hybridized carbons (Fsp3) is 0.304. The Morgan fingerprint density at radius 1 is 0.966 bits per heavy atom. The number of halogens is 1. The summed E-state index contributed by atoms with van der Waals surface area (Å²) in [6.45, 7) is 8.26. The number of benzene rings is 2. The number of hydrogen-bond acceptors (Lipinski definition) is 5. The smallest absolute Gasteiger partial charge is 0.229 e. The van der Waals surface area contributed by atoms with E-state index >= 15 is 0 Å². The fourth-order valence-electron chi connectivity index (χ4n) is 2.83. The van der Waals surface area contributed by atoms with Crippen molar-refractivity contribution in [2.45, 2.75) is 39.0 Å². The molecule has 3 rings (SSSR count). The number of anilines is 4. The van der Waals surface area contributed by atoms with E-state index in [0.717, 1.165) is 17.4 Å². The first-order chi connectivity index (χ1) is 13.8. The van der Waals surface area contributed by atoms with Gasteiger partial charge in [0.15, 0.2) is 11.6 Å². The molecule has 2 aromatic carbocycles. The van der Waals surface area contributed by atoms with Crippen LogP contribution in [0.4, 0.5) is 27.5 Å². The van der Waals surface area contributed by atoms with Crippen molar-refractivity contribution in [3.8, 4) is 0 Å². The Hall–Kier alpha value is -2.99. The van der Waals surface area contributed by atoms with Crippen LogP contribution in [0, 0.1) is 5.82 Å². The Kier molecular flexibility index (Phi) is 6.13. The van der Waals surface area contributed by atoms with Gasteiger partial charge in [-0.3, -0.25) is 0 Å². The highest BCUT2D eigenvalue weighted by atomic mass is 19.1. The summed E-state index contributed by atoms with van der Waals surface area (Å²) in [7, 11) is 0. The van der Waals surface area contributed by atoms with Crippen LogP contribution in [-0.2, 0) is 5.41 Å². The van der Waals surface area contributed by atoms with Crippen LogP contribution >= 0.6 is 0 Å². The van der Waals surface area contributed by atoms with Gasteiger partial charge in [0.25, 0.3) is 0 Å². The van der Waals surface area contributed by atoms with Crippen LogP contribution in [-0.4, -0.2) is 21.7 Å². The lowest BCUT2D eigenvalue weighted by Crippen LogP contribution is -2.21. The summed E-state index contributed by atoms with van der Waals surface area (Å²) in [5.41, 5.74) is 3.45. The zero-order valence-corrected chi connectivity index (χ0v) is 17.2. The molecule has 0 amide bonds. The van der Waals surface area contributed by atoms with Crippen molar-refractivity contribution in [3.05, 3.63) is 71.7 Å². The summed E-state index contributed by atoms with van der Waals surface area (Å²) in [5, 5.41) is 15.6. The van der Waals surface area contributed by atoms with Crippen LogP contribution in [0.5, 0.6) is 0 Å². The lowest BCUT2D eigenvalue weighted by atomic mass is 9.85. The van der Waals surface area contributed by atoms with Crippen LogP contribution in [0.15, 0.2) is 54.7 Å². The van der Waals surface area contributed by atoms with Crippen LogP contribution in [0.3, 0.4) is 0 Å². The molecule has 152 valence electrons. The normalized spacial score (nSPS) is 11.6. The van der Waals surface area contributed by atoms with Crippen molar-refractivity contribution in [1.29, 1.82) is 0 Å². The van der Waals surface area contributed by atoms with Gasteiger partial charge in [0.05, 0.1) is 12.8 Å². The molecule has 0 aliphatic heterocycles. The van der Waals surface area contributed by atoms with E-state index in [9.17, 15) is 9.50 Å². The highest BCUT2D eigenvalue weighted by Gasteiger charge is 2.19. The van der Waals surface area contributed by atoms with Gasteiger partial charge in [-0.1, -0.05) is 52.0 Å². The average Bonchev–Trinajstić information content (AvgIpc) is 2.71. The van der Waals surface area contributed by atoms with E-state index in [1.807, 2.05) is 62.4 Å². The van der Waals surface area contributed by atoms with Gasteiger partial charge in [-0.05, 0) is 41.3 Å². The van der Waals surface area contributed by atoms with E-state index in [0.29, 0.717) is 17.6 Å². The van der Waals surface area contributed by atoms with Crippen molar-refractivity contribution in [3.63, 3.8) is 0 Å². The van der Waals surface area contributed by atoms with E-state index in [2.05, 4.69) is 34.4 Å². The third-order valence-electron chi connectivity index (χ3n) is 4.90. The summed E-state index contributed by atoms with van der Waals surface area (Å²) in [6.07, 6.45) is 1.14. The second kappa shape index (κ2) is 8.57. The number of aliphatic hydroxyl groups excluding tert-OH is 1. The summed E-state index contributed by atoms with van der Waals surface area (Å²) < 4.78 is 14.2. The Morgan fingerprint density at radius 2 is 1.55 bits per heavy atom. The number of aromatic nitrogens is 2. The Bertz CT molecular complexity index is 954. The van der Waals surface area contributed by atoms with Crippen LogP contribution < -0.4 is 10.6 Å². The van der Waals surface area contributed by atoms with Crippen molar-refractivity contribution in [2.24, 2.45) is 0 Å². The summed E-state index contributed by atoms with van der Waals surface area (Å²) in [4.78, 5) is 8.29. The Balaban J connectivity index is 1.75. The van der Waals surface area contributed by atoms with Crippen molar-refractivity contribution >= 4 is 23.1 Å². The quantitative estimate of drug-likeness (QED) is 0.494. The summed E-state index contributed by atoms with van der Waals surface area (Å²) >= 11 is 0. The predicted octanol–water partition coefficient (Wildman–Crippen LogP) is 5.50. The third-order valence-corrected chi connectivity index (χ3v) is 4.90. The van der Waals surface area contributed by atoms with E-state index in [4.69, 9.17) is 0 Å². The van der Waals surface area contributed by atoms with E-state index < -0.39 is 5.82 Å². The number of hydrogen-bond donors (Lipinski definition) is 3. The maximum atomic E-state index is 14.2. The first kappa shape index (κ1) is 20.7.